The number of carbonyl (C=O) groups is 1. The topological polar surface area (TPSA) is 55.8 Å². The van der Waals surface area contributed by atoms with Crippen LogP contribution in [0.25, 0.3) is 0 Å². The van der Waals surface area contributed by atoms with Crippen LogP contribution < -0.4 is 0 Å². The molecular formula is C5H7CaF3O4. The molecule has 0 amide bonds. The monoisotopic (exact) mass is 228 g/mol. The fourth-order valence-electron chi connectivity index (χ4n) is 0.704. The second kappa shape index (κ2) is 4.79. The Balaban J connectivity index is -0.000000480. The number of carboxylic acids is 1. The van der Waals surface area contributed by atoms with E-state index in [0.29, 0.717) is 0 Å². The summed E-state index contributed by atoms with van der Waals surface area (Å²) in [6.07, 6.45) is -8.58. The molecule has 0 bridgehead atoms. The zero-order valence-corrected chi connectivity index (χ0v) is 8.58. The van der Waals surface area contributed by atoms with Crippen molar-refractivity contribution in [1.29, 1.82) is 0 Å². The van der Waals surface area contributed by atoms with Crippen molar-refractivity contribution in [2.24, 2.45) is 0 Å². The van der Waals surface area contributed by atoms with Crippen LogP contribution in [-0.2, 0) is 14.3 Å². The van der Waals surface area contributed by atoms with Crippen LogP contribution in [0.1, 0.15) is 2.85 Å². The van der Waals surface area contributed by atoms with Crippen LogP contribution in [0.15, 0.2) is 0 Å². The van der Waals surface area contributed by atoms with Gasteiger partial charge >= 0.3 is 49.9 Å². The van der Waals surface area contributed by atoms with Crippen LogP contribution >= 0.6 is 0 Å². The third-order valence-corrected chi connectivity index (χ3v) is 1.23. The van der Waals surface area contributed by atoms with Gasteiger partial charge in [-0.05, 0) is 0 Å². The van der Waals surface area contributed by atoms with Gasteiger partial charge in [0.2, 0.25) is 0 Å². The Morgan fingerprint density at radius 2 is 2.08 bits per heavy atom. The van der Waals surface area contributed by atoms with Crippen LogP contribution in [0.5, 0.6) is 0 Å². The molecule has 1 aliphatic heterocycles. The van der Waals surface area contributed by atoms with Gasteiger partial charge in [-0.3, -0.25) is 0 Å². The van der Waals surface area contributed by atoms with Crippen LogP contribution in [0.2, 0.25) is 0 Å². The minimum Gasteiger partial charge on any atom is -1.00 e. The van der Waals surface area contributed by atoms with E-state index < -0.39 is 31.1 Å². The van der Waals surface area contributed by atoms with Gasteiger partial charge in [-0.2, -0.15) is 13.2 Å². The Bertz CT molecular complexity index is 203. The minimum absolute atomic E-state index is 0. The second-order valence-corrected chi connectivity index (χ2v) is 2.17. The van der Waals surface area contributed by atoms with E-state index >= 15 is 0 Å². The molecule has 0 aromatic carbocycles. The maximum absolute atomic E-state index is 11.8. The second-order valence-electron chi connectivity index (χ2n) is 2.17. The summed E-state index contributed by atoms with van der Waals surface area (Å²) >= 11 is 0. The van der Waals surface area contributed by atoms with E-state index in [1.165, 1.54) is 0 Å². The number of hydrogen-bond donors (Lipinski definition) is 1. The van der Waals surface area contributed by atoms with Gasteiger partial charge in [-0.1, -0.05) is 0 Å². The predicted octanol–water partition coefficient (Wildman–Crippen LogP) is 0.219. The van der Waals surface area contributed by atoms with Crippen molar-refractivity contribution in [3.05, 3.63) is 0 Å². The first-order valence-corrected chi connectivity index (χ1v) is 2.98. The van der Waals surface area contributed by atoms with Crippen molar-refractivity contribution in [3.8, 4) is 0 Å². The van der Waals surface area contributed by atoms with Gasteiger partial charge in [0, 0.05) is 0 Å². The summed E-state index contributed by atoms with van der Waals surface area (Å²) in [6, 6.07) is 0. The van der Waals surface area contributed by atoms with Gasteiger partial charge < -0.3 is 17.4 Å². The van der Waals surface area contributed by atoms with E-state index in [9.17, 15) is 18.0 Å². The van der Waals surface area contributed by atoms with Gasteiger partial charge in [0.1, 0.15) is 0 Å². The maximum atomic E-state index is 11.8. The van der Waals surface area contributed by atoms with E-state index in [-0.39, 0.29) is 40.6 Å². The molecule has 1 saturated heterocycles. The number of ether oxygens (including phenoxy) is 2. The molecule has 0 aromatic rings. The third-order valence-electron chi connectivity index (χ3n) is 1.23. The van der Waals surface area contributed by atoms with Gasteiger partial charge in [0.15, 0.2) is 6.10 Å². The summed E-state index contributed by atoms with van der Waals surface area (Å²) in [4.78, 5) is 10.1. The SMILES string of the molecule is O=C(O)C1COC(C(F)(F)F)O1.[Ca+2].[H-].[H-]. The van der Waals surface area contributed by atoms with Gasteiger partial charge in [-0.15, -0.1) is 0 Å². The Kier molecular flexibility index (Phi) is 4.95. The number of halogens is 3. The quantitative estimate of drug-likeness (QED) is 0.652. The molecule has 1 N–H and O–H groups in total. The maximum Gasteiger partial charge on any atom is 2.00 e. The molecule has 1 fully saturated rings. The number of aliphatic carboxylic acids is 1. The summed E-state index contributed by atoms with van der Waals surface area (Å²) < 4.78 is 43.4. The van der Waals surface area contributed by atoms with Crippen molar-refractivity contribution in [2.75, 3.05) is 6.61 Å². The Hall–Kier alpha value is 0.440. The normalized spacial score (nSPS) is 28.2. The molecule has 1 rings (SSSR count). The smallest absolute Gasteiger partial charge is 1.00 e. The van der Waals surface area contributed by atoms with Crippen LogP contribution in [0, 0.1) is 0 Å². The van der Waals surface area contributed by atoms with Crippen molar-refractivity contribution < 1.29 is 35.4 Å². The van der Waals surface area contributed by atoms with Crippen molar-refractivity contribution in [3.63, 3.8) is 0 Å². The third kappa shape index (κ3) is 3.59. The fourth-order valence-corrected chi connectivity index (χ4v) is 0.704. The van der Waals surface area contributed by atoms with E-state index in [2.05, 4.69) is 9.47 Å². The molecular weight excluding hydrogens is 221 g/mol. The summed E-state index contributed by atoms with van der Waals surface area (Å²) in [7, 11) is 0. The molecule has 2 unspecified atom stereocenters. The Morgan fingerprint density at radius 1 is 1.54 bits per heavy atom. The molecule has 0 radical (unpaired) electrons. The molecule has 0 saturated carbocycles. The number of rotatable bonds is 1. The largest absolute Gasteiger partial charge is 2.00 e. The molecule has 1 heterocycles. The average molecular weight is 228 g/mol. The molecule has 4 nitrogen and oxygen atoms in total. The zero-order chi connectivity index (χ0) is 9.35. The summed E-state index contributed by atoms with van der Waals surface area (Å²) in [5.74, 6) is -1.46. The first kappa shape index (κ1) is 13.4. The average Bonchev–Trinajstić information content (AvgIpc) is 2.30. The molecule has 1 aliphatic rings. The standard InChI is InChI=1S/C5H5F3O4.Ca.2H/c6-5(7,8)4-11-1-2(12-4)3(9)10;;;/h2,4H,1H2,(H,9,10);;;/q;+2;2*-1. The molecule has 2 atom stereocenters. The van der Waals surface area contributed by atoms with E-state index in [0.717, 1.165) is 0 Å². The number of hydrogen-bond acceptors (Lipinski definition) is 3. The fraction of sp³-hybridized carbons (Fsp3) is 0.800. The number of alkyl halides is 3. The van der Waals surface area contributed by atoms with E-state index in [1.807, 2.05) is 0 Å². The zero-order valence-electron chi connectivity index (χ0n) is 8.37. The molecule has 0 aliphatic carbocycles. The van der Waals surface area contributed by atoms with Crippen molar-refractivity contribution >= 4 is 43.7 Å². The van der Waals surface area contributed by atoms with Crippen LogP contribution in [0.4, 0.5) is 13.2 Å². The van der Waals surface area contributed by atoms with E-state index in [4.69, 9.17) is 5.11 Å². The molecule has 13 heavy (non-hydrogen) atoms. The minimum atomic E-state index is -4.66. The van der Waals surface area contributed by atoms with Crippen molar-refractivity contribution in [1.82, 2.24) is 0 Å². The predicted molar refractivity (Wildman–Crippen MR) is 36.3 cm³/mol. The Labute approximate surface area is 104 Å². The van der Waals surface area contributed by atoms with Gasteiger partial charge in [-0.25, -0.2) is 4.79 Å². The van der Waals surface area contributed by atoms with Crippen LogP contribution in [0.3, 0.4) is 0 Å². The Morgan fingerprint density at radius 3 is 2.31 bits per heavy atom. The summed E-state index contributed by atoms with van der Waals surface area (Å²) in [5, 5.41) is 8.22. The van der Waals surface area contributed by atoms with Crippen molar-refractivity contribution in [2.45, 2.75) is 18.6 Å². The summed E-state index contributed by atoms with van der Waals surface area (Å²) in [5.41, 5.74) is 0. The van der Waals surface area contributed by atoms with E-state index in [1.54, 1.807) is 0 Å². The number of carboxylic acid groups (broad SMARTS) is 1. The first-order valence-electron chi connectivity index (χ1n) is 2.98. The molecule has 0 aromatic heterocycles. The molecule has 0 spiro atoms. The van der Waals surface area contributed by atoms with Gasteiger partial charge in [0.25, 0.3) is 6.29 Å². The summed E-state index contributed by atoms with van der Waals surface area (Å²) in [6.45, 7) is -0.570. The van der Waals surface area contributed by atoms with Gasteiger partial charge in [0.05, 0.1) is 6.61 Å². The molecule has 8 heteroatoms. The van der Waals surface area contributed by atoms with Crippen LogP contribution in [-0.4, -0.2) is 74.0 Å². The first-order chi connectivity index (χ1) is 5.41. The molecule has 74 valence electrons.